The van der Waals surface area contributed by atoms with Crippen molar-refractivity contribution in [1.29, 1.82) is 0 Å². The average molecular weight is 254 g/mol. The van der Waals surface area contributed by atoms with E-state index in [0.717, 1.165) is 12.1 Å². The minimum atomic E-state index is -0.759. The summed E-state index contributed by atoms with van der Waals surface area (Å²) in [5, 5.41) is 0. The molecular formula is C11H12F2N4O. The summed E-state index contributed by atoms with van der Waals surface area (Å²) in [5.74, 6) is -1.81. The predicted molar refractivity (Wildman–Crippen MR) is 62.5 cm³/mol. The number of amides is 1. The Kier molecular flexibility index (Phi) is 3.14. The van der Waals surface area contributed by atoms with E-state index in [1.807, 2.05) is 0 Å². The Morgan fingerprint density at radius 3 is 2.78 bits per heavy atom. The number of carbonyl (C=O) groups is 1. The maximum Gasteiger partial charge on any atom is 0.217 e. The molecule has 2 aromatic rings. The number of hydrogen-bond donors (Lipinski definition) is 2. The van der Waals surface area contributed by atoms with Gasteiger partial charge in [0.05, 0.1) is 5.52 Å². The van der Waals surface area contributed by atoms with Crippen LogP contribution in [0.1, 0.15) is 12.8 Å². The summed E-state index contributed by atoms with van der Waals surface area (Å²) in [5.41, 5.74) is 10.9. The Morgan fingerprint density at radius 1 is 1.39 bits per heavy atom. The van der Waals surface area contributed by atoms with Gasteiger partial charge in [-0.15, -0.1) is 0 Å². The van der Waals surface area contributed by atoms with Crippen molar-refractivity contribution in [3.05, 3.63) is 23.8 Å². The first-order valence-corrected chi connectivity index (χ1v) is 5.38. The van der Waals surface area contributed by atoms with Crippen LogP contribution in [0.4, 0.5) is 14.7 Å². The Labute approximate surface area is 101 Å². The van der Waals surface area contributed by atoms with Crippen LogP contribution in [-0.2, 0) is 11.3 Å². The molecule has 0 aliphatic heterocycles. The highest BCUT2D eigenvalue weighted by molar-refractivity contribution is 5.79. The third kappa shape index (κ3) is 2.24. The van der Waals surface area contributed by atoms with Gasteiger partial charge in [-0.1, -0.05) is 0 Å². The fourth-order valence-corrected chi connectivity index (χ4v) is 1.81. The molecule has 0 bridgehead atoms. The zero-order valence-corrected chi connectivity index (χ0v) is 9.49. The largest absolute Gasteiger partial charge is 0.370 e. The van der Waals surface area contributed by atoms with E-state index in [2.05, 4.69) is 4.98 Å². The Hall–Kier alpha value is -2.18. The van der Waals surface area contributed by atoms with E-state index >= 15 is 0 Å². The van der Waals surface area contributed by atoms with Crippen molar-refractivity contribution < 1.29 is 13.6 Å². The highest BCUT2D eigenvalue weighted by Crippen LogP contribution is 2.22. The van der Waals surface area contributed by atoms with Crippen LogP contribution in [-0.4, -0.2) is 15.5 Å². The Bertz CT molecular complexity index is 609. The number of aromatic nitrogens is 2. The molecule has 0 fully saturated rings. The maximum absolute atomic E-state index is 13.4. The van der Waals surface area contributed by atoms with Gasteiger partial charge in [-0.25, -0.2) is 13.8 Å². The topological polar surface area (TPSA) is 86.9 Å². The Balaban J connectivity index is 2.37. The number of fused-ring (bicyclic) bond motifs is 1. The molecular weight excluding hydrogens is 242 g/mol. The van der Waals surface area contributed by atoms with E-state index < -0.39 is 17.5 Å². The van der Waals surface area contributed by atoms with Crippen molar-refractivity contribution in [2.24, 2.45) is 5.73 Å². The molecule has 5 nitrogen and oxygen atoms in total. The number of nitrogen functional groups attached to an aromatic ring is 1. The van der Waals surface area contributed by atoms with E-state index in [1.54, 1.807) is 0 Å². The van der Waals surface area contributed by atoms with E-state index in [1.165, 1.54) is 4.57 Å². The predicted octanol–water partition coefficient (Wildman–Crippen LogP) is 1.16. The van der Waals surface area contributed by atoms with Crippen LogP contribution in [0.2, 0.25) is 0 Å². The van der Waals surface area contributed by atoms with Gasteiger partial charge < -0.3 is 16.0 Å². The molecule has 1 heterocycles. The summed E-state index contributed by atoms with van der Waals surface area (Å²) in [7, 11) is 0. The first kappa shape index (κ1) is 12.3. The zero-order valence-electron chi connectivity index (χ0n) is 9.49. The van der Waals surface area contributed by atoms with Gasteiger partial charge in [0.25, 0.3) is 0 Å². The Morgan fingerprint density at radius 2 is 2.11 bits per heavy atom. The minimum Gasteiger partial charge on any atom is -0.370 e. The normalized spacial score (nSPS) is 11.0. The van der Waals surface area contributed by atoms with Crippen molar-refractivity contribution in [3.63, 3.8) is 0 Å². The standard InChI is InChI=1S/C11H12F2N4O/c12-6-4-7(13)10-8(5-6)17(11(15)16-10)3-1-2-9(14)18/h4-5H,1-3H2,(H2,14,18)(H2,15,16). The number of aryl methyl sites for hydroxylation is 1. The number of primary amides is 1. The second kappa shape index (κ2) is 4.59. The summed E-state index contributed by atoms with van der Waals surface area (Å²) in [6.07, 6.45) is 0.611. The molecule has 2 rings (SSSR count). The number of imidazole rings is 1. The second-order valence-electron chi connectivity index (χ2n) is 3.95. The van der Waals surface area contributed by atoms with Crippen molar-refractivity contribution in [2.45, 2.75) is 19.4 Å². The number of halogens is 2. The quantitative estimate of drug-likeness (QED) is 0.858. The molecule has 96 valence electrons. The van der Waals surface area contributed by atoms with Gasteiger partial charge in [-0.2, -0.15) is 0 Å². The first-order chi connectivity index (χ1) is 8.49. The fourth-order valence-electron chi connectivity index (χ4n) is 1.81. The monoisotopic (exact) mass is 254 g/mol. The minimum absolute atomic E-state index is 0.0213. The maximum atomic E-state index is 13.4. The molecule has 0 unspecified atom stereocenters. The summed E-state index contributed by atoms with van der Waals surface area (Å²) < 4.78 is 28.0. The summed E-state index contributed by atoms with van der Waals surface area (Å²) in [6, 6.07) is 1.91. The smallest absolute Gasteiger partial charge is 0.217 e. The molecule has 0 aliphatic carbocycles. The third-order valence-corrected chi connectivity index (χ3v) is 2.61. The molecule has 0 saturated carbocycles. The van der Waals surface area contributed by atoms with Crippen LogP contribution in [0.5, 0.6) is 0 Å². The van der Waals surface area contributed by atoms with Crippen LogP contribution < -0.4 is 11.5 Å². The summed E-state index contributed by atoms with van der Waals surface area (Å²) in [4.78, 5) is 14.5. The molecule has 4 N–H and O–H groups in total. The molecule has 1 aromatic heterocycles. The third-order valence-electron chi connectivity index (χ3n) is 2.61. The van der Waals surface area contributed by atoms with Crippen LogP contribution in [0, 0.1) is 11.6 Å². The van der Waals surface area contributed by atoms with Gasteiger partial charge in [0.1, 0.15) is 11.3 Å². The van der Waals surface area contributed by atoms with Gasteiger partial charge in [0, 0.05) is 25.1 Å². The van der Waals surface area contributed by atoms with Crippen LogP contribution in [0.15, 0.2) is 12.1 Å². The van der Waals surface area contributed by atoms with Crippen molar-refractivity contribution in [3.8, 4) is 0 Å². The van der Waals surface area contributed by atoms with Gasteiger partial charge in [-0.3, -0.25) is 4.79 Å². The SMILES string of the molecule is NC(=O)CCCn1c(N)nc2c(F)cc(F)cc21. The lowest BCUT2D eigenvalue weighted by molar-refractivity contribution is -0.118. The number of benzene rings is 1. The number of anilines is 1. The van der Waals surface area contributed by atoms with Crippen LogP contribution >= 0.6 is 0 Å². The summed E-state index contributed by atoms with van der Waals surface area (Å²) >= 11 is 0. The van der Waals surface area contributed by atoms with Crippen molar-refractivity contribution in [2.75, 3.05) is 5.73 Å². The molecule has 0 radical (unpaired) electrons. The number of rotatable bonds is 4. The molecule has 7 heteroatoms. The lowest BCUT2D eigenvalue weighted by atomic mass is 10.2. The summed E-state index contributed by atoms with van der Waals surface area (Å²) in [6.45, 7) is 0.328. The highest BCUT2D eigenvalue weighted by Gasteiger charge is 2.13. The van der Waals surface area contributed by atoms with Gasteiger partial charge in [0.2, 0.25) is 11.9 Å². The van der Waals surface area contributed by atoms with Gasteiger partial charge in [0.15, 0.2) is 5.82 Å². The lowest BCUT2D eigenvalue weighted by Crippen LogP contribution is -2.12. The van der Waals surface area contributed by atoms with Crippen LogP contribution in [0.25, 0.3) is 11.0 Å². The molecule has 0 aliphatic rings. The lowest BCUT2D eigenvalue weighted by Gasteiger charge is -2.05. The number of nitrogens with zero attached hydrogens (tertiary/aromatic N) is 2. The van der Waals surface area contributed by atoms with Crippen molar-refractivity contribution in [1.82, 2.24) is 9.55 Å². The number of hydrogen-bond acceptors (Lipinski definition) is 3. The number of carbonyl (C=O) groups excluding carboxylic acids is 1. The zero-order chi connectivity index (χ0) is 13.3. The fraction of sp³-hybridized carbons (Fsp3) is 0.273. The first-order valence-electron chi connectivity index (χ1n) is 5.38. The molecule has 0 saturated heterocycles. The van der Waals surface area contributed by atoms with E-state index in [0.29, 0.717) is 13.0 Å². The van der Waals surface area contributed by atoms with Gasteiger partial charge >= 0.3 is 0 Å². The number of nitrogens with two attached hydrogens (primary N) is 2. The molecule has 0 spiro atoms. The van der Waals surface area contributed by atoms with E-state index in [4.69, 9.17) is 11.5 Å². The molecule has 18 heavy (non-hydrogen) atoms. The average Bonchev–Trinajstić information content (AvgIpc) is 2.56. The molecule has 1 aromatic carbocycles. The molecule has 0 atom stereocenters. The molecule has 1 amide bonds. The van der Waals surface area contributed by atoms with Crippen LogP contribution in [0.3, 0.4) is 0 Å². The van der Waals surface area contributed by atoms with E-state index in [-0.39, 0.29) is 23.4 Å². The highest BCUT2D eigenvalue weighted by atomic mass is 19.1. The second-order valence-corrected chi connectivity index (χ2v) is 3.95. The van der Waals surface area contributed by atoms with Crippen molar-refractivity contribution >= 4 is 22.9 Å². The van der Waals surface area contributed by atoms with E-state index in [9.17, 15) is 13.6 Å². The van der Waals surface area contributed by atoms with Gasteiger partial charge in [-0.05, 0) is 6.42 Å².